The Labute approximate surface area is 83.7 Å². The molecule has 0 atom stereocenters. The van der Waals surface area contributed by atoms with Gasteiger partial charge in [0.25, 0.3) is 0 Å². The van der Waals surface area contributed by atoms with E-state index in [1.54, 1.807) is 12.4 Å². The number of hydrogen-bond acceptors (Lipinski definition) is 2. The van der Waals surface area contributed by atoms with E-state index in [2.05, 4.69) is 29.0 Å². The van der Waals surface area contributed by atoms with Crippen molar-refractivity contribution >= 4 is 0 Å². The average molecular weight is 183 g/mol. The fraction of sp³-hybridized carbons (Fsp3) is 0.0833. The van der Waals surface area contributed by atoms with Crippen LogP contribution in [-0.2, 0) is 6.42 Å². The first-order chi connectivity index (χ1) is 6.90. The van der Waals surface area contributed by atoms with Crippen LogP contribution in [0.4, 0.5) is 0 Å². The van der Waals surface area contributed by atoms with Crippen molar-refractivity contribution in [2.24, 2.45) is 0 Å². The van der Waals surface area contributed by atoms with Gasteiger partial charge < -0.3 is 0 Å². The molecular formula is C12H11N2. The van der Waals surface area contributed by atoms with Crippen LogP contribution >= 0.6 is 0 Å². The van der Waals surface area contributed by atoms with Gasteiger partial charge in [-0.3, -0.25) is 0 Å². The summed E-state index contributed by atoms with van der Waals surface area (Å²) < 4.78 is 0. The van der Waals surface area contributed by atoms with Crippen LogP contribution in [0.3, 0.4) is 0 Å². The molecular weight excluding hydrogens is 172 g/mol. The summed E-state index contributed by atoms with van der Waals surface area (Å²) >= 11 is 0. The highest BCUT2D eigenvalue weighted by Crippen LogP contribution is 2.14. The van der Waals surface area contributed by atoms with Crippen molar-refractivity contribution in [3.63, 3.8) is 0 Å². The summed E-state index contributed by atoms with van der Waals surface area (Å²) in [5.41, 5.74) is 2.27. The first kappa shape index (κ1) is 8.88. The fourth-order valence-electron chi connectivity index (χ4n) is 1.27. The molecule has 14 heavy (non-hydrogen) atoms. The molecule has 0 unspecified atom stereocenters. The van der Waals surface area contributed by atoms with Crippen molar-refractivity contribution in [1.29, 1.82) is 0 Å². The molecule has 1 aromatic carbocycles. The molecule has 0 spiro atoms. The number of rotatable bonds is 2. The lowest BCUT2D eigenvalue weighted by Gasteiger charge is -2.00. The molecule has 1 aromatic heterocycles. The van der Waals surface area contributed by atoms with Crippen LogP contribution in [-0.4, -0.2) is 9.97 Å². The Balaban J connectivity index is 2.34. The molecule has 0 fully saturated rings. The van der Waals surface area contributed by atoms with Crippen molar-refractivity contribution in [3.8, 4) is 11.4 Å². The predicted octanol–water partition coefficient (Wildman–Crippen LogP) is 2.52. The molecule has 2 rings (SSSR count). The maximum absolute atomic E-state index is 4.18. The molecule has 0 aliphatic rings. The standard InChI is InChI=1S/C12H11N2/c1-2-10-4-6-11(7-5-10)12-13-8-3-9-14-12/h3-9H,1-2H2. The number of aromatic nitrogens is 2. The Morgan fingerprint density at radius 3 is 2.21 bits per heavy atom. The minimum absolute atomic E-state index is 0.767. The molecule has 1 radical (unpaired) electrons. The van der Waals surface area contributed by atoms with E-state index in [-0.39, 0.29) is 0 Å². The zero-order valence-electron chi connectivity index (χ0n) is 7.85. The van der Waals surface area contributed by atoms with Gasteiger partial charge in [-0.1, -0.05) is 24.3 Å². The summed E-state index contributed by atoms with van der Waals surface area (Å²) in [5, 5.41) is 0. The zero-order valence-corrected chi connectivity index (χ0v) is 7.85. The summed E-state index contributed by atoms with van der Waals surface area (Å²) in [7, 11) is 0. The monoisotopic (exact) mass is 183 g/mol. The first-order valence-electron chi connectivity index (χ1n) is 4.56. The highest BCUT2D eigenvalue weighted by molar-refractivity contribution is 5.54. The topological polar surface area (TPSA) is 25.8 Å². The van der Waals surface area contributed by atoms with Crippen molar-refractivity contribution in [2.75, 3.05) is 0 Å². The first-order valence-corrected chi connectivity index (χ1v) is 4.56. The van der Waals surface area contributed by atoms with E-state index in [1.807, 2.05) is 18.2 Å². The quantitative estimate of drug-likeness (QED) is 0.715. The summed E-state index contributed by atoms with van der Waals surface area (Å²) in [6.45, 7) is 3.83. The van der Waals surface area contributed by atoms with Crippen molar-refractivity contribution in [1.82, 2.24) is 9.97 Å². The van der Waals surface area contributed by atoms with Crippen LogP contribution in [0.5, 0.6) is 0 Å². The van der Waals surface area contributed by atoms with Crippen LogP contribution in [0.15, 0.2) is 42.7 Å². The van der Waals surface area contributed by atoms with Gasteiger partial charge in [0, 0.05) is 18.0 Å². The number of benzene rings is 1. The third-order valence-electron chi connectivity index (χ3n) is 2.07. The Hall–Kier alpha value is -1.70. The van der Waals surface area contributed by atoms with Gasteiger partial charge in [-0.05, 0) is 25.0 Å². The Morgan fingerprint density at radius 1 is 1.00 bits per heavy atom. The summed E-state index contributed by atoms with van der Waals surface area (Å²) in [5.74, 6) is 0.767. The minimum atomic E-state index is 0.767. The molecule has 0 saturated heterocycles. The van der Waals surface area contributed by atoms with E-state index >= 15 is 0 Å². The third-order valence-corrected chi connectivity index (χ3v) is 2.07. The lowest BCUT2D eigenvalue weighted by atomic mass is 10.1. The van der Waals surface area contributed by atoms with Gasteiger partial charge in [-0.15, -0.1) is 0 Å². The van der Waals surface area contributed by atoms with Gasteiger partial charge in [-0.25, -0.2) is 9.97 Å². The molecule has 2 aromatic rings. The van der Waals surface area contributed by atoms with Crippen molar-refractivity contribution in [3.05, 3.63) is 55.2 Å². The maximum atomic E-state index is 4.18. The molecule has 69 valence electrons. The van der Waals surface area contributed by atoms with E-state index in [4.69, 9.17) is 0 Å². The van der Waals surface area contributed by atoms with Gasteiger partial charge >= 0.3 is 0 Å². The fourth-order valence-corrected chi connectivity index (χ4v) is 1.27. The van der Waals surface area contributed by atoms with Crippen LogP contribution in [0.1, 0.15) is 5.56 Å². The molecule has 2 nitrogen and oxygen atoms in total. The van der Waals surface area contributed by atoms with E-state index < -0.39 is 0 Å². The van der Waals surface area contributed by atoms with Gasteiger partial charge in [-0.2, -0.15) is 0 Å². The molecule has 0 N–H and O–H groups in total. The summed E-state index contributed by atoms with van der Waals surface area (Å²) in [4.78, 5) is 8.36. The van der Waals surface area contributed by atoms with Gasteiger partial charge in [0.1, 0.15) is 0 Å². The SMILES string of the molecule is [CH2]Cc1ccc(-c2ncccn2)cc1. The average Bonchev–Trinajstić information content (AvgIpc) is 2.30. The maximum Gasteiger partial charge on any atom is 0.159 e. The van der Waals surface area contributed by atoms with Crippen LogP contribution in [0, 0.1) is 6.92 Å². The second-order valence-electron chi connectivity index (χ2n) is 3.02. The molecule has 0 amide bonds. The smallest absolute Gasteiger partial charge is 0.159 e. The zero-order chi connectivity index (χ0) is 9.80. The van der Waals surface area contributed by atoms with Gasteiger partial charge in [0.05, 0.1) is 0 Å². The highest BCUT2D eigenvalue weighted by Gasteiger charge is 1.98. The molecule has 2 heteroatoms. The van der Waals surface area contributed by atoms with E-state index in [0.717, 1.165) is 17.8 Å². The molecule has 0 aliphatic carbocycles. The van der Waals surface area contributed by atoms with Crippen molar-refractivity contribution < 1.29 is 0 Å². The van der Waals surface area contributed by atoms with E-state index in [0.29, 0.717) is 0 Å². The van der Waals surface area contributed by atoms with Crippen LogP contribution in [0.2, 0.25) is 0 Å². The molecule has 0 aliphatic heterocycles. The van der Waals surface area contributed by atoms with Crippen LogP contribution < -0.4 is 0 Å². The lowest BCUT2D eigenvalue weighted by molar-refractivity contribution is 1.17. The predicted molar refractivity (Wildman–Crippen MR) is 56.5 cm³/mol. The lowest BCUT2D eigenvalue weighted by Crippen LogP contribution is -1.87. The van der Waals surface area contributed by atoms with Gasteiger partial charge in [0.2, 0.25) is 0 Å². The normalized spacial score (nSPS) is 10.1. The Kier molecular flexibility index (Phi) is 2.54. The summed E-state index contributed by atoms with van der Waals surface area (Å²) in [6.07, 6.45) is 4.31. The Bertz CT molecular complexity index is 392. The third kappa shape index (κ3) is 1.79. The Morgan fingerprint density at radius 2 is 1.64 bits per heavy atom. The minimum Gasteiger partial charge on any atom is -0.237 e. The second-order valence-corrected chi connectivity index (χ2v) is 3.02. The molecule has 0 saturated carbocycles. The van der Waals surface area contributed by atoms with E-state index in [9.17, 15) is 0 Å². The van der Waals surface area contributed by atoms with E-state index in [1.165, 1.54) is 5.56 Å². The number of nitrogens with zero attached hydrogens (tertiary/aromatic N) is 2. The molecule has 1 heterocycles. The number of hydrogen-bond donors (Lipinski definition) is 0. The second kappa shape index (κ2) is 4.01. The summed E-state index contributed by atoms with van der Waals surface area (Å²) in [6, 6.07) is 9.97. The largest absolute Gasteiger partial charge is 0.237 e. The van der Waals surface area contributed by atoms with Crippen LogP contribution in [0.25, 0.3) is 11.4 Å². The molecule has 0 bridgehead atoms. The highest BCUT2D eigenvalue weighted by atomic mass is 14.8. The van der Waals surface area contributed by atoms with Crippen molar-refractivity contribution in [2.45, 2.75) is 6.42 Å². The van der Waals surface area contributed by atoms with Gasteiger partial charge in [0.15, 0.2) is 5.82 Å².